The number of nitrogens with one attached hydrogen (secondary N) is 1. The van der Waals surface area contributed by atoms with Crippen LogP contribution in [0.4, 0.5) is 0 Å². The molecule has 1 saturated carbocycles. The molecule has 0 heterocycles. The first-order valence-electron chi connectivity index (χ1n) is 7.19. The molecule has 0 bridgehead atoms. The number of carbonyl (C=O) groups excluding carboxylic acids is 1. The number of aliphatic hydroxyl groups is 1. The molecule has 106 valence electrons. The van der Waals surface area contributed by atoms with E-state index in [1.165, 1.54) is 0 Å². The third-order valence-electron chi connectivity index (χ3n) is 3.87. The van der Waals surface area contributed by atoms with E-state index < -0.39 is 5.60 Å². The van der Waals surface area contributed by atoms with Crippen LogP contribution in [0, 0.1) is 5.92 Å². The molecule has 2 unspecified atom stereocenters. The maximum atomic E-state index is 11.9. The van der Waals surface area contributed by atoms with E-state index in [1.807, 2.05) is 13.8 Å². The Hall–Kier alpha value is -0.610. The second-order valence-corrected chi connectivity index (χ2v) is 5.96. The first kappa shape index (κ1) is 15.4. The topological polar surface area (TPSA) is 75.4 Å². The maximum Gasteiger partial charge on any atom is 0.222 e. The van der Waals surface area contributed by atoms with Crippen LogP contribution in [0.15, 0.2) is 0 Å². The Morgan fingerprint density at radius 2 is 1.94 bits per heavy atom. The van der Waals surface area contributed by atoms with E-state index in [9.17, 15) is 9.90 Å². The van der Waals surface area contributed by atoms with Gasteiger partial charge in [-0.1, -0.05) is 26.2 Å². The molecule has 1 fully saturated rings. The fourth-order valence-corrected chi connectivity index (χ4v) is 2.51. The summed E-state index contributed by atoms with van der Waals surface area (Å²) in [5, 5.41) is 13.0. The number of rotatable bonds is 7. The molecule has 0 aliphatic heterocycles. The van der Waals surface area contributed by atoms with E-state index in [4.69, 9.17) is 5.73 Å². The Morgan fingerprint density at radius 3 is 2.50 bits per heavy atom. The molecule has 1 rings (SSSR count). The number of hydrogen-bond donors (Lipinski definition) is 3. The van der Waals surface area contributed by atoms with Crippen molar-refractivity contribution in [2.45, 2.75) is 70.4 Å². The number of carbonyl (C=O) groups is 1. The Bertz CT molecular complexity index is 261. The van der Waals surface area contributed by atoms with E-state index in [1.54, 1.807) is 0 Å². The van der Waals surface area contributed by atoms with Gasteiger partial charge in [0, 0.05) is 18.5 Å². The summed E-state index contributed by atoms with van der Waals surface area (Å²) in [6.45, 7) is 4.33. The van der Waals surface area contributed by atoms with E-state index in [0.29, 0.717) is 6.54 Å². The molecule has 0 aromatic rings. The normalized spacial score (nSPS) is 21.6. The summed E-state index contributed by atoms with van der Waals surface area (Å²) in [6.07, 6.45) is 6.56. The second-order valence-electron chi connectivity index (χ2n) is 5.96. The van der Waals surface area contributed by atoms with Crippen LogP contribution in [0.5, 0.6) is 0 Å². The predicted octanol–water partition coefficient (Wildman–Crippen LogP) is 1.56. The molecular weight excluding hydrogens is 228 g/mol. The molecule has 1 amide bonds. The van der Waals surface area contributed by atoms with Gasteiger partial charge in [0.15, 0.2) is 0 Å². The second kappa shape index (κ2) is 7.10. The van der Waals surface area contributed by atoms with E-state index in [-0.39, 0.29) is 17.9 Å². The molecule has 1 aliphatic rings. The summed E-state index contributed by atoms with van der Waals surface area (Å²) in [4.78, 5) is 11.9. The van der Waals surface area contributed by atoms with E-state index in [2.05, 4.69) is 5.32 Å². The first-order valence-corrected chi connectivity index (χ1v) is 7.19. The minimum Gasteiger partial charge on any atom is -0.388 e. The van der Waals surface area contributed by atoms with Gasteiger partial charge in [-0.2, -0.15) is 0 Å². The molecule has 1 aliphatic carbocycles. The number of nitrogens with two attached hydrogens (primary N) is 1. The molecule has 0 aromatic carbocycles. The number of hydrogen-bond acceptors (Lipinski definition) is 3. The Kier molecular flexibility index (Phi) is 6.09. The first-order chi connectivity index (χ1) is 8.43. The lowest BCUT2D eigenvalue weighted by atomic mass is 9.99. The van der Waals surface area contributed by atoms with Gasteiger partial charge in [0.05, 0.1) is 5.60 Å². The highest BCUT2D eigenvalue weighted by molar-refractivity contribution is 5.78. The Balaban J connectivity index is 2.19. The van der Waals surface area contributed by atoms with Gasteiger partial charge in [-0.05, 0) is 32.6 Å². The summed E-state index contributed by atoms with van der Waals surface area (Å²) in [6, 6.07) is 0.208. The SMILES string of the molecule is CC(N)CCCC(C)C(=O)NCC1(O)CCCC1. The van der Waals surface area contributed by atoms with Crippen LogP contribution in [0.2, 0.25) is 0 Å². The predicted molar refractivity (Wildman–Crippen MR) is 73.1 cm³/mol. The minimum absolute atomic E-state index is 0.00810. The maximum absolute atomic E-state index is 11.9. The van der Waals surface area contributed by atoms with Crippen LogP contribution in [-0.4, -0.2) is 29.2 Å². The van der Waals surface area contributed by atoms with Gasteiger partial charge < -0.3 is 16.2 Å². The molecule has 18 heavy (non-hydrogen) atoms. The third kappa shape index (κ3) is 5.36. The van der Waals surface area contributed by atoms with Gasteiger partial charge in [0.1, 0.15) is 0 Å². The lowest BCUT2D eigenvalue weighted by molar-refractivity contribution is -0.126. The molecule has 2 atom stereocenters. The third-order valence-corrected chi connectivity index (χ3v) is 3.87. The van der Waals surface area contributed by atoms with Crippen molar-refractivity contribution in [1.82, 2.24) is 5.32 Å². The number of amides is 1. The van der Waals surface area contributed by atoms with Crippen molar-refractivity contribution >= 4 is 5.91 Å². The lowest BCUT2D eigenvalue weighted by Crippen LogP contribution is -2.42. The molecule has 0 saturated heterocycles. The zero-order chi connectivity index (χ0) is 13.6. The summed E-state index contributed by atoms with van der Waals surface area (Å²) in [7, 11) is 0. The largest absolute Gasteiger partial charge is 0.388 e. The molecule has 0 aromatic heterocycles. The molecule has 0 radical (unpaired) electrons. The average Bonchev–Trinajstić information content (AvgIpc) is 2.73. The fourth-order valence-electron chi connectivity index (χ4n) is 2.51. The van der Waals surface area contributed by atoms with Crippen LogP contribution in [-0.2, 0) is 4.79 Å². The van der Waals surface area contributed by atoms with Crippen LogP contribution in [0.25, 0.3) is 0 Å². The van der Waals surface area contributed by atoms with Crippen LogP contribution in [0.3, 0.4) is 0 Å². The zero-order valence-corrected chi connectivity index (χ0v) is 11.7. The van der Waals surface area contributed by atoms with Crippen molar-refractivity contribution < 1.29 is 9.90 Å². The van der Waals surface area contributed by atoms with Crippen molar-refractivity contribution in [3.05, 3.63) is 0 Å². The summed E-state index contributed by atoms with van der Waals surface area (Å²) < 4.78 is 0. The van der Waals surface area contributed by atoms with Gasteiger partial charge in [-0.3, -0.25) is 4.79 Å². The molecule has 4 N–H and O–H groups in total. The van der Waals surface area contributed by atoms with Gasteiger partial charge in [-0.15, -0.1) is 0 Å². The zero-order valence-electron chi connectivity index (χ0n) is 11.7. The Labute approximate surface area is 110 Å². The molecule has 0 spiro atoms. The molecule has 4 heteroatoms. The summed E-state index contributed by atoms with van der Waals surface area (Å²) in [5.74, 6) is 0.0637. The van der Waals surface area contributed by atoms with Crippen molar-refractivity contribution in [3.8, 4) is 0 Å². The minimum atomic E-state index is -0.652. The van der Waals surface area contributed by atoms with Crippen molar-refractivity contribution in [3.63, 3.8) is 0 Å². The highest BCUT2D eigenvalue weighted by Gasteiger charge is 2.31. The van der Waals surface area contributed by atoms with Crippen LogP contribution in [0.1, 0.15) is 58.8 Å². The molecular formula is C14H28N2O2. The van der Waals surface area contributed by atoms with Gasteiger partial charge in [-0.25, -0.2) is 0 Å². The van der Waals surface area contributed by atoms with Gasteiger partial charge in [0.25, 0.3) is 0 Å². The van der Waals surface area contributed by atoms with Crippen molar-refractivity contribution in [1.29, 1.82) is 0 Å². The average molecular weight is 256 g/mol. The van der Waals surface area contributed by atoms with Gasteiger partial charge >= 0.3 is 0 Å². The summed E-state index contributed by atoms with van der Waals surface area (Å²) >= 11 is 0. The van der Waals surface area contributed by atoms with Crippen LogP contribution >= 0.6 is 0 Å². The van der Waals surface area contributed by atoms with Crippen LogP contribution < -0.4 is 11.1 Å². The quantitative estimate of drug-likeness (QED) is 0.647. The standard InChI is InChI=1S/C14H28N2O2/c1-11(6-5-7-12(2)15)13(17)16-10-14(18)8-3-4-9-14/h11-12,18H,3-10,15H2,1-2H3,(H,16,17). The van der Waals surface area contributed by atoms with Gasteiger partial charge in [0.2, 0.25) is 5.91 Å². The summed E-state index contributed by atoms with van der Waals surface area (Å²) in [5.41, 5.74) is 5.03. The monoisotopic (exact) mass is 256 g/mol. The lowest BCUT2D eigenvalue weighted by Gasteiger charge is -2.23. The molecule has 4 nitrogen and oxygen atoms in total. The smallest absolute Gasteiger partial charge is 0.222 e. The highest BCUT2D eigenvalue weighted by atomic mass is 16.3. The Morgan fingerprint density at radius 1 is 1.33 bits per heavy atom. The highest BCUT2D eigenvalue weighted by Crippen LogP contribution is 2.28. The van der Waals surface area contributed by atoms with E-state index >= 15 is 0 Å². The van der Waals surface area contributed by atoms with Crippen molar-refractivity contribution in [2.75, 3.05) is 6.54 Å². The fraction of sp³-hybridized carbons (Fsp3) is 0.929. The van der Waals surface area contributed by atoms with E-state index in [0.717, 1.165) is 44.9 Å². The van der Waals surface area contributed by atoms with Crippen molar-refractivity contribution in [2.24, 2.45) is 11.7 Å².